The average Bonchev–Trinajstić information content (AvgIpc) is 3.38. The number of hydrogen-bond donors (Lipinski definition) is 0. The van der Waals surface area contributed by atoms with Crippen LogP contribution in [0.1, 0.15) is 18.4 Å². The van der Waals surface area contributed by atoms with Crippen LogP contribution in [0.4, 0.5) is 4.79 Å². The average molecular weight is 421 g/mol. The van der Waals surface area contributed by atoms with Crippen molar-refractivity contribution in [1.29, 1.82) is 0 Å². The zero-order chi connectivity index (χ0) is 20.8. The third-order valence-electron chi connectivity index (χ3n) is 5.94. The Morgan fingerprint density at radius 1 is 1.00 bits per heavy atom. The highest BCUT2D eigenvalue weighted by atomic mass is 16.6. The Bertz CT molecular complexity index is 665. The minimum Gasteiger partial charge on any atom is -0.445 e. The Labute approximate surface area is 177 Å². The number of carbonyl (C=O) groups excluding carboxylic acids is 1. The first-order valence-corrected chi connectivity index (χ1v) is 10.7. The van der Waals surface area contributed by atoms with Crippen LogP contribution in [-0.2, 0) is 35.0 Å². The van der Waals surface area contributed by atoms with Crippen molar-refractivity contribution >= 4 is 6.09 Å². The molecule has 0 aliphatic carbocycles. The van der Waals surface area contributed by atoms with E-state index in [1.807, 2.05) is 30.3 Å². The van der Waals surface area contributed by atoms with Gasteiger partial charge in [-0.3, -0.25) is 0 Å². The molecule has 1 amide bonds. The molecule has 1 aromatic rings. The molecule has 3 aliphatic heterocycles. The molecular weight excluding hydrogens is 390 g/mol. The molecule has 4 rings (SSSR count). The number of methoxy groups -OCH3 is 1. The monoisotopic (exact) mass is 421 g/mol. The summed E-state index contributed by atoms with van der Waals surface area (Å²) in [5.74, 6) is 0. The van der Waals surface area contributed by atoms with E-state index in [-0.39, 0.29) is 36.6 Å². The molecule has 4 atom stereocenters. The minimum atomic E-state index is -0.262. The van der Waals surface area contributed by atoms with Gasteiger partial charge in [0.2, 0.25) is 0 Å². The summed E-state index contributed by atoms with van der Waals surface area (Å²) in [4.78, 5) is 14.0. The van der Waals surface area contributed by atoms with E-state index in [1.54, 1.807) is 12.0 Å². The molecule has 30 heavy (non-hydrogen) atoms. The number of nitrogens with zero attached hydrogens (tertiary/aromatic N) is 1. The van der Waals surface area contributed by atoms with Gasteiger partial charge in [-0.2, -0.15) is 0 Å². The minimum absolute atomic E-state index is 0.00980. The first kappa shape index (κ1) is 21.5. The number of carbonyl (C=O) groups is 1. The van der Waals surface area contributed by atoms with E-state index in [0.29, 0.717) is 46.1 Å². The molecular formula is C22H31NO7. The van der Waals surface area contributed by atoms with Gasteiger partial charge < -0.3 is 33.3 Å². The fourth-order valence-electron chi connectivity index (χ4n) is 4.20. The molecule has 3 heterocycles. The van der Waals surface area contributed by atoms with Gasteiger partial charge >= 0.3 is 6.09 Å². The summed E-state index contributed by atoms with van der Waals surface area (Å²) in [5.41, 5.74) is 0.990. The summed E-state index contributed by atoms with van der Waals surface area (Å²) in [6, 6.07) is 9.71. The molecule has 1 aromatic carbocycles. The quantitative estimate of drug-likeness (QED) is 0.594. The van der Waals surface area contributed by atoms with Crippen molar-refractivity contribution in [3.63, 3.8) is 0 Å². The van der Waals surface area contributed by atoms with Crippen molar-refractivity contribution in [2.75, 3.05) is 46.6 Å². The SMILES string of the molecule is CO[C@@H]1CO[C@@H]2[C@@H]1OC[C@H]2OCCOC1CCN(C(=O)OCc2ccccc2)CC1. The number of ether oxygens (including phenoxy) is 6. The molecule has 0 spiro atoms. The van der Waals surface area contributed by atoms with Crippen LogP contribution in [0.25, 0.3) is 0 Å². The lowest BCUT2D eigenvalue weighted by molar-refractivity contribution is -0.0709. The molecule has 3 aliphatic rings. The van der Waals surface area contributed by atoms with Gasteiger partial charge in [-0.15, -0.1) is 0 Å². The van der Waals surface area contributed by atoms with Gasteiger partial charge in [0, 0.05) is 20.2 Å². The number of rotatable bonds is 8. The highest BCUT2D eigenvalue weighted by Crippen LogP contribution is 2.30. The summed E-state index contributed by atoms with van der Waals surface area (Å²) < 4.78 is 34.2. The fraction of sp³-hybridized carbons (Fsp3) is 0.682. The first-order chi connectivity index (χ1) is 14.7. The summed E-state index contributed by atoms with van der Waals surface area (Å²) >= 11 is 0. The second-order valence-electron chi connectivity index (χ2n) is 7.88. The van der Waals surface area contributed by atoms with E-state index in [2.05, 4.69) is 0 Å². The van der Waals surface area contributed by atoms with E-state index in [4.69, 9.17) is 28.4 Å². The fourth-order valence-corrected chi connectivity index (χ4v) is 4.20. The molecule has 0 saturated carbocycles. The predicted molar refractivity (Wildman–Crippen MR) is 107 cm³/mol. The number of amides is 1. The Balaban J connectivity index is 1.08. The molecule has 0 bridgehead atoms. The smallest absolute Gasteiger partial charge is 0.410 e. The van der Waals surface area contributed by atoms with Gasteiger partial charge in [-0.05, 0) is 18.4 Å². The van der Waals surface area contributed by atoms with Crippen molar-refractivity contribution in [3.8, 4) is 0 Å². The van der Waals surface area contributed by atoms with E-state index >= 15 is 0 Å². The van der Waals surface area contributed by atoms with Crippen molar-refractivity contribution in [1.82, 2.24) is 4.90 Å². The molecule has 3 fully saturated rings. The third-order valence-corrected chi connectivity index (χ3v) is 5.94. The van der Waals surface area contributed by atoms with Crippen molar-refractivity contribution in [3.05, 3.63) is 35.9 Å². The van der Waals surface area contributed by atoms with Crippen molar-refractivity contribution < 1.29 is 33.2 Å². The second kappa shape index (κ2) is 10.5. The molecule has 0 radical (unpaired) electrons. The molecule has 0 aromatic heterocycles. The van der Waals surface area contributed by atoms with Crippen LogP contribution in [0.15, 0.2) is 30.3 Å². The number of benzene rings is 1. The van der Waals surface area contributed by atoms with Crippen LogP contribution < -0.4 is 0 Å². The van der Waals surface area contributed by atoms with E-state index in [1.165, 1.54) is 0 Å². The first-order valence-electron chi connectivity index (χ1n) is 10.7. The van der Waals surface area contributed by atoms with Gasteiger partial charge in [-0.25, -0.2) is 4.79 Å². The molecule has 166 valence electrons. The van der Waals surface area contributed by atoms with E-state index < -0.39 is 0 Å². The summed E-state index contributed by atoms with van der Waals surface area (Å²) in [7, 11) is 1.68. The van der Waals surface area contributed by atoms with Gasteiger partial charge in [0.25, 0.3) is 0 Å². The summed E-state index contributed by atoms with van der Waals surface area (Å²) in [6.45, 7) is 3.68. The lowest BCUT2D eigenvalue weighted by Crippen LogP contribution is -2.41. The number of hydrogen-bond acceptors (Lipinski definition) is 7. The maximum absolute atomic E-state index is 12.2. The topological polar surface area (TPSA) is 75.7 Å². The van der Waals surface area contributed by atoms with E-state index in [9.17, 15) is 4.79 Å². The highest BCUT2D eigenvalue weighted by molar-refractivity contribution is 5.67. The van der Waals surface area contributed by atoms with Crippen LogP contribution in [0, 0.1) is 0 Å². The van der Waals surface area contributed by atoms with Gasteiger partial charge in [0.05, 0.1) is 32.5 Å². The number of likely N-dealkylation sites (tertiary alicyclic amines) is 1. The van der Waals surface area contributed by atoms with Crippen LogP contribution >= 0.6 is 0 Å². The lowest BCUT2D eigenvalue weighted by atomic mass is 10.1. The standard InChI is InChI=1S/C22H31NO7/c1-25-18-14-28-21-19(15-29-20(18)21)27-12-11-26-17-7-9-23(10-8-17)22(24)30-13-16-5-3-2-4-6-16/h2-6,17-21H,7-15H2,1H3/t18-,19-,20-,21+/m1/s1. The van der Waals surface area contributed by atoms with Crippen molar-refractivity contribution in [2.24, 2.45) is 0 Å². The molecule has 0 N–H and O–H groups in total. The normalized spacial score (nSPS) is 29.2. The predicted octanol–water partition coefficient (Wildman–Crippen LogP) is 2.00. The highest BCUT2D eigenvalue weighted by Gasteiger charge is 2.48. The zero-order valence-corrected chi connectivity index (χ0v) is 17.4. The maximum Gasteiger partial charge on any atom is 0.410 e. The molecule has 0 unspecified atom stereocenters. The second-order valence-corrected chi connectivity index (χ2v) is 7.88. The molecule has 8 heteroatoms. The summed E-state index contributed by atoms with van der Waals surface area (Å²) in [6.07, 6.45) is 1.31. The largest absolute Gasteiger partial charge is 0.445 e. The van der Waals surface area contributed by atoms with Gasteiger partial charge in [0.1, 0.15) is 31.0 Å². The summed E-state index contributed by atoms with van der Waals surface area (Å²) in [5, 5.41) is 0. The zero-order valence-electron chi connectivity index (χ0n) is 17.4. The van der Waals surface area contributed by atoms with Crippen LogP contribution in [0.2, 0.25) is 0 Å². The van der Waals surface area contributed by atoms with Crippen LogP contribution in [0.5, 0.6) is 0 Å². The number of piperidine rings is 1. The third kappa shape index (κ3) is 5.31. The van der Waals surface area contributed by atoms with Gasteiger partial charge in [0.15, 0.2) is 0 Å². The van der Waals surface area contributed by atoms with Crippen LogP contribution in [0.3, 0.4) is 0 Å². The molecule has 8 nitrogen and oxygen atoms in total. The van der Waals surface area contributed by atoms with Crippen molar-refractivity contribution in [2.45, 2.75) is 50.0 Å². The van der Waals surface area contributed by atoms with Gasteiger partial charge in [-0.1, -0.05) is 30.3 Å². The Morgan fingerprint density at radius 3 is 2.40 bits per heavy atom. The lowest BCUT2D eigenvalue weighted by Gasteiger charge is -2.31. The number of fused-ring (bicyclic) bond motifs is 1. The Hall–Kier alpha value is -1.71. The maximum atomic E-state index is 12.2. The Morgan fingerprint density at radius 2 is 1.67 bits per heavy atom. The van der Waals surface area contributed by atoms with Crippen LogP contribution in [-0.4, -0.2) is 88.1 Å². The molecule has 3 saturated heterocycles. The van der Waals surface area contributed by atoms with E-state index in [0.717, 1.165) is 18.4 Å². The Kier molecular flexibility index (Phi) is 7.57.